The molecule has 5 heteroatoms. The zero-order chi connectivity index (χ0) is 13.5. The van der Waals surface area contributed by atoms with Crippen LogP contribution in [0.25, 0.3) is 6.08 Å². The van der Waals surface area contributed by atoms with E-state index >= 15 is 0 Å². The monoisotopic (exact) mass is 247 g/mol. The topological polar surface area (TPSA) is 68.6 Å². The minimum Gasteiger partial charge on any atom is -0.493 e. The molecule has 0 N–H and O–H groups in total. The Morgan fingerprint density at radius 2 is 1.89 bits per heavy atom. The highest BCUT2D eigenvalue weighted by atomic mass is 16.5. The molecular weight excluding hydrogens is 234 g/mol. The van der Waals surface area contributed by atoms with Crippen LogP contribution < -0.4 is 9.47 Å². The van der Waals surface area contributed by atoms with E-state index in [0.717, 1.165) is 0 Å². The van der Waals surface area contributed by atoms with Crippen LogP contribution in [0.1, 0.15) is 5.56 Å². The van der Waals surface area contributed by atoms with Crippen LogP contribution in [0.2, 0.25) is 0 Å². The lowest BCUT2D eigenvalue weighted by atomic mass is 10.1. The minimum absolute atomic E-state index is 0.0790. The largest absolute Gasteiger partial charge is 0.493 e. The molecule has 18 heavy (non-hydrogen) atoms. The van der Waals surface area contributed by atoms with Gasteiger partial charge in [0, 0.05) is 0 Å². The third-order valence-corrected chi connectivity index (χ3v) is 2.24. The molecule has 0 atom stereocenters. The van der Waals surface area contributed by atoms with Gasteiger partial charge in [0.15, 0.2) is 11.5 Å². The average molecular weight is 247 g/mol. The van der Waals surface area contributed by atoms with Gasteiger partial charge in [-0.05, 0) is 23.8 Å². The van der Waals surface area contributed by atoms with E-state index in [9.17, 15) is 4.79 Å². The molecule has 0 amide bonds. The number of hydrogen-bond acceptors (Lipinski definition) is 5. The van der Waals surface area contributed by atoms with Crippen LogP contribution >= 0.6 is 0 Å². The van der Waals surface area contributed by atoms with Gasteiger partial charge in [-0.25, -0.2) is 4.79 Å². The molecule has 0 unspecified atom stereocenters. The van der Waals surface area contributed by atoms with Gasteiger partial charge in [-0.3, -0.25) is 0 Å². The number of hydrogen-bond donors (Lipinski definition) is 0. The summed E-state index contributed by atoms with van der Waals surface area (Å²) in [5, 5.41) is 8.84. The van der Waals surface area contributed by atoms with E-state index in [-0.39, 0.29) is 5.57 Å². The summed E-state index contributed by atoms with van der Waals surface area (Å²) in [6, 6.07) is 6.85. The lowest BCUT2D eigenvalue weighted by Crippen LogP contribution is -2.02. The third kappa shape index (κ3) is 3.01. The Labute approximate surface area is 105 Å². The fourth-order valence-electron chi connectivity index (χ4n) is 1.36. The van der Waals surface area contributed by atoms with Crippen LogP contribution in [-0.2, 0) is 9.53 Å². The fourth-order valence-corrected chi connectivity index (χ4v) is 1.36. The van der Waals surface area contributed by atoms with Crippen LogP contribution in [0, 0.1) is 11.3 Å². The Balaban J connectivity index is 3.15. The smallest absolute Gasteiger partial charge is 0.348 e. The van der Waals surface area contributed by atoms with Crippen LogP contribution in [0.5, 0.6) is 11.5 Å². The second-order valence-corrected chi connectivity index (χ2v) is 3.28. The predicted octanol–water partition coefficient (Wildman–Crippen LogP) is 1.78. The highest BCUT2D eigenvalue weighted by molar-refractivity contribution is 5.97. The molecule has 0 aromatic heterocycles. The normalized spacial score (nSPS) is 10.4. The molecule has 1 rings (SSSR count). The average Bonchev–Trinajstić information content (AvgIpc) is 2.43. The number of methoxy groups -OCH3 is 3. The van der Waals surface area contributed by atoms with Crippen LogP contribution in [0.4, 0.5) is 0 Å². The summed E-state index contributed by atoms with van der Waals surface area (Å²) in [7, 11) is 4.27. The summed E-state index contributed by atoms with van der Waals surface area (Å²) in [6.07, 6.45) is 1.42. The lowest BCUT2D eigenvalue weighted by molar-refractivity contribution is -0.135. The zero-order valence-corrected chi connectivity index (χ0v) is 10.4. The van der Waals surface area contributed by atoms with Gasteiger partial charge in [0.05, 0.1) is 21.3 Å². The molecular formula is C13H13NO4. The first-order valence-corrected chi connectivity index (χ1v) is 5.08. The van der Waals surface area contributed by atoms with Crippen molar-refractivity contribution in [3.8, 4) is 17.6 Å². The molecule has 0 radical (unpaired) electrons. The second kappa shape index (κ2) is 6.30. The molecule has 0 saturated heterocycles. The van der Waals surface area contributed by atoms with Crippen molar-refractivity contribution in [2.75, 3.05) is 21.3 Å². The summed E-state index contributed by atoms with van der Waals surface area (Å²) in [5.74, 6) is 0.423. The van der Waals surface area contributed by atoms with E-state index in [1.54, 1.807) is 24.3 Å². The number of carbonyl (C=O) groups is 1. The van der Waals surface area contributed by atoms with Gasteiger partial charge in [0.25, 0.3) is 0 Å². The first kappa shape index (κ1) is 13.6. The summed E-state index contributed by atoms with van der Waals surface area (Å²) in [4.78, 5) is 11.3. The van der Waals surface area contributed by atoms with Crippen molar-refractivity contribution in [1.29, 1.82) is 5.26 Å². The maximum atomic E-state index is 11.3. The molecule has 0 heterocycles. The number of ether oxygens (including phenoxy) is 3. The standard InChI is InChI=1S/C13H13NO4/c1-16-11-5-4-9(7-12(11)17-2)6-10(8-14)13(15)18-3/h4-7H,1-3H3. The van der Waals surface area contributed by atoms with Gasteiger partial charge in [0.1, 0.15) is 11.6 Å². The minimum atomic E-state index is -0.674. The van der Waals surface area contributed by atoms with Crippen molar-refractivity contribution >= 4 is 12.0 Å². The SMILES string of the molecule is COC(=O)C(C#N)=Cc1ccc(OC)c(OC)c1. The molecule has 0 bridgehead atoms. The van der Waals surface area contributed by atoms with Crippen LogP contribution in [0.15, 0.2) is 23.8 Å². The molecule has 1 aromatic rings. The quantitative estimate of drug-likeness (QED) is 0.461. The van der Waals surface area contributed by atoms with Gasteiger partial charge < -0.3 is 14.2 Å². The van der Waals surface area contributed by atoms with E-state index in [0.29, 0.717) is 17.1 Å². The molecule has 5 nitrogen and oxygen atoms in total. The highest BCUT2D eigenvalue weighted by Gasteiger charge is 2.10. The summed E-state index contributed by atoms with van der Waals surface area (Å²) >= 11 is 0. The number of rotatable bonds is 4. The fraction of sp³-hybridized carbons (Fsp3) is 0.231. The van der Waals surface area contributed by atoms with E-state index in [4.69, 9.17) is 14.7 Å². The van der Waals surface area contributed by atoms with Crippen molar-refractivity contribution in [3.63, 3.8) is 0 Å². The van der Waals surface area contributed by atoms with Gasteiger partial charge in [0.2, 0.25) is 0 Å². The highest BCUT2D eigenvalue weighted by Crippen LogP contribution is 2.28. The van der Waals surface area contributed by atoms with Gasteiger partial charge in [-0.15, -0.1) is 0 Å². The molecule has 0 aliphatic carbocycles. The van der Waals surface area contributed by atoms with E-state index in [1.165, 1.54) is 27.4 Å². The Hall–Kier alpha value is -2.48. The first-order valence-electron chi connectivity index (χ1n) is 5.08. The first-order chi connectivity index (χ1) is 8.65. The van der Waals surface area contributed by atoms with Crippen LogP contribution in [-0.4, -0.2) is 27.3 Å². The summed E-state index contributed by atoms with van der Waals surface area (Å²) in [5.41, 5.74) is 0.569. The molecule has 0 aliphatic heterocycles. The van der Waals surface area contributed by atoms with E-state index < -0.39 is 5.97 Å². The molecule has 1 aromatic carbocycles. The Morgan fingerprint density at radius 3 is 2.39 bits per heavy atom. The van der Waals surface area contributed by atoms with Crippen molar-refractivity contribution in [1.82, 2.24) is 0 Å². The predicted molar refractivity (Wildman–Crippen MR) is 65.2 cm³/mol. The van der Waals surface area contributed by atoms with Crippen molar-refractivity contribution in [3.05, 3.63) is 29.3 Å². The number of nitrogens with zero attached hydrogens (tertiary/aromatic N) is 1. The Morgan fingerprint density at radius 1 is 1.22 bits per heavy atom. The molecule has 0 fully saturated rings. The van der Waals surface area contributed by atoms with E-state index in [1.807, 2.05) is 0 Å². The van der Waals surface area contributed by atoms with E-state index in [2.05, 4.69) is 4.74 Å². The van der Waals surface area contributed by atoms with Gasteiger partial charge in [-0.1, -0.05) is 6.07 Å². The molecule has 0 saturated carbocycles. The van der Waals surface area contributed by atoms with Crippen LogP contribution in [0.3, 0.4) is 0 Å². The maximum absolute atomic E-state index is 11.3. The van der Waals surface area contributed by atoms with Gasteiger partial charge >= 0.3 is 5.97 Å². The summed E-state index contributed by atoms with van der Waals surface area (Å²) in [6.45, 7) is 0. The Kier molecular flexibility index (Phi) is 4.76. The molecule has 0 spiro atoms. The molecule has 94 valence electrons. The van der Waals surface area contributed by atoms with Gasteiger partial charge in [-0.2, -0.15) is 5.26 Å². The summed E-state index contributed by atoms with van der Waals surface area (Å²) < 4.78 is 14.7. The van der Waals surface area contributed by atoms with Crippen molar-refractivity contribution in [2.45, 2.75) is 0 Å². The number of esters is 1. The number of benzene rings is 1. The number of nitriles is 1. The Bertz CT molecular complexity index is 514. The third-order valence-electron chi connectivity index (χ3n) is 2.24. The van der Waals surface area contributed by atoms with Crippen molar-refractivity contribution in [2.24, 2.45) is 0 Å². The maximum Gasteiger partial charge on any atom is 0.348 e. The second-order valence-electron chi connectivity index (χ2n) is 3.28. The zero-order valence-electron chi connectivity index (χ0n) is 10.4. The molecule has 0 aliphatic rings. The lowest BCUT2D eigenvalue weighted by Gasteiger charge is -2.07. The van der Waals surface area contributed by atoms with Crippen molar-refractivity contribution < 1.29 is 19.0 Å². The number of carbonyl (C=O) groups excluding carboxylic acids is 1.